The molecule has 0 radical (unpaired) electrons. The van der Waals surface area contributed by atoms with Gasteiger partial charge in [0.2, 0.25) is 0 Å². The highest BCUT2D eigenvalue weighted by Crippen LogP contribution is 2.29. The molecular weight excluding hydrogens is 386 g/mol. The molecule has 0 saturated heterocycles. The van der Waals surface area contributed by atoms with E-state index in [1.54, 1.807) is 13.1 Å². The first-order valence-electron chi connectivity index (χ1n) is 6.60. The molecule has 0 aliphatic carbocycles. The molecule has 0 aliphatic rings. The number of hydrogen-bond acceptors (Lipinski definition) is 5. The molecule has 0 aliphatic heterocycles. The molecular formula is C14H16BrN3O4S. The van der Waals surface area contributed by atoms with E-state index in [0.717, 1.165) is 16.4 Å². The first kappa shape index (κ1) is 17.5. The van der Waals surface area contributed by atoms with Crippen LogP contribution in [0, 0.1) is 10.1 Å². The van der Waals surface area contributed by atoms with Crippen molar-refractivity contribution in [3.05, 3.63) is 50.7 Å². The SMILES string of the molecule is CN(Cc1cc(Br)cn1C)c1ccc([N+](=O)[O-])c(S(C)(=O)=O)c1. The number of nitro benzene ring substituents is 1. The molecule has 7 nitrogen and oxygen atoms in total. The van der Waals surface area contributed by atoms with Crippen molar-refractivity contribution >= 4 is 37.1 Å². The molecule has 1 heterocycles. The van der Waals surface area contributed by atoms with Gasteiger partial charge in [-0.25, -0.2) is 8.42 Å². The van der Waals surface area contributed by atoms with Gasteiger partial charge in [0.05, 0.1) is 11.5 Å². The molecule has 2 rings (SSSR count). The minimum atomic E-state index is -3.69. The Morgan fingerprint density at radius 3 is 2.48 bits per heavy atom. The summed E-state index contributed by atoms with van der Waals surface area (Å²) in [6.07, 6.45) is 2.88. The third-order valence-electron chi connectivity index (χ3n) is 3.45. The number of halogens is 1. The van der Waals surface area contributed by atoms with Gasteiger partial charge in [0.1, 0.15) is 4.90 Å². The summed E-state index contributed by atoms with van der Waals surface area (Å²) in [6.45, 7) is 0.531. The van der Waals surface area contributed by atoms with Gasteiger partial charge in [-0.3, -0.25) is 10.1 Å². The largest absolute Gasteiger partial charge is 0.369 e. The Hall–Kier alpha value is -1.87. The van der Waals surface area contributed by atoms with E-state index in [-0.39, 0.29) is 4.90 Å². The number of hydrogen-bond donors (Lipinski definition) is 0. The Labute approximate surface area is 142 Å². The molecule has 0 fully saturated rings. The Balaban J connectivity index is 2.40. The van der Waals surface area contributed by atoms with Gasteiger partial charge >= 0.3 is 0 Å². The van der Waals surface area contributed by atoms with Crippen LogP contribution in [-0.2, 0) is 23.4 Å². The van der Waals surface area contributed by atoms with E-state index in [2.05, 4.69) is 15.9 Å². The van der Waals surface area contributed by atoms with Crippen LogP contribution in [0.1, 0.15) is 5.69 Å². The second-order valence-electron chi connectivity index (χ2n) is 5.30. The van der Waals surface area contributed by atoms with E-state index in [1.807, 2.05) is 28.8 Å². The second kappa shape index (κ2) is 6.32. The van der Waals surface area contributed by atoms with Gasteiger partial charge in [-0.1, -0.05) is 0 Å². The lowest BCUT2D eigenvalue weighted by molar-refractivity contribution is -0.387. The van der Waals surface area contributed by atoms with Gasteiger partial charge in [0, 0.05) is 48.5 Å². The summed E-state index contributed by atoms with van der Waals surface area (Å²) in [4.78, 5) is 11.9. The summed E-state index contributed by atoms with van der Waals surface area (Å²) in [7, 11) is 0.0157. The van der Waals surface area contributed by atoms with Crippen molar-refractivity contribution in [1.82, 2.24) is 4.57 Å². The number of sulfone groups is 1. The second-order valence-corrected chi connectivity index (χ2v) is 8.20. The highest BCUT2D eigenvalue weighted by molar-refractivity contribution is 9.10. The van der Waals surface area contributed by atoms with Crippen molar-refractivity contribution in [2.24, 2.45) is 7.05 Å². The van der Waals surface area contributed by atoms with Crippen molar-refractivity contribution in [3.8, 4) is 0 Å². The topological polar surface area (TPSA) is 85.4 Å². The van der Waals surface area contributed by atoms with Crippen LogP contribution in [0.25, 0.3) is 0 Å². The van der Waals surface area contributed by atoms with E-state index >= 15 is 0 Å². The standard InChI is InChI=1S/C14H16BrN3O4S/c1-16-8-10(15)6-12(16)9-17(2)11-4-5-13(18(19)20)14(7-11)23(3,21)22/h4-8H,9H2,1-3H3. The Kier molecular flexibility index (Phi) is 4.81. The first-order chi connectivity index (χ1) is 10.6. The highest BCUT2D eigenvalue weighted by atomic mass is 79.9. The number of aryl methyl sites for hydroxylation is 1. The van der Waals surface area contributed by atoms with Gasteiger partial charge in [-0.15, -0.1) is 0 Å². The maximum atomic E-state index is 11.8. The molecule has 1 aromatic heterocycles. The molecule has 0 amide bonds. The molecule has 1 aromatic carbocycles. The van der Waals surface area contributed by atoms with E-state index in [9.17, 15) is 18.5 Å². The van der Waals surface area contributed by atoms with Crippen LogP contribution in [-0.4, -0.2) is 31.2 Å². The van der Waals surface area contributed by atoms with E-state index in [1.165, 1.54) is 12.1 Å². The zero-order valence-electron chi connectivity index (χ0n) is 12.9. The van der Waals surface area contributed by atoms with Crippen molar-refractivity contribution in [2.45, 2.75) is 11.4 Å². The molecule has 0 bridgehead atoms. The van der Waals surface area contributed by atoms with Crippen molar-refractivity contribution < 1.29 is 13.3 Å². The zero-order valence-corrected chi connectivity index (χ0v) is 15.3. The minimum absolute atomic E-state index is 0.278. The summed E-state index contributed by atoms with van der Waals surface area (Å²) in [5.74, 6) is 0. The van der Waals surface area contributed by atoms with Gasteiger partial charge in [0.25, 0.3) is 5.69 Å². The third-order valence-corrected chi connectivity index (χ3v) is 5.01. The van der Waals surface area contributed by atoms with Gasteiger partial charge < -0.3 is 9.47 Å². The molecule has 23 heavy (non-hydrogen) atoms. The number of benzene rings is 1. The summed E-state index contributed by atoms with van der Waals surface area (Å²) in [5.41, 5.74) is 1.19. The van der Waals surface area contributed by atoms with Crippen molar-refractivity contribution in [2.75, 3.05) is 18.2 Å². The lowest BCUT2D eigenvalue weighted by atomic mass is 10.2. The number of nitrogens with zero attached hydrogens (tertiary/aromatic N) is 3. The molecule has 0 atom stereocenters. The molecule has 0 spiro atoms. The van der Waals surface area contributed by atoms with Crippen LogP contribution >= 0.6 is 15.9 Å². The quantitative estimate of drug-likeness (QED) is 0.567. The fourth-order valence-electron chi connectivity index (χ4n) is 2.25. The zero-order chi connectivity index (χ0) is 17.4. The normalized spacial score (nSPS) is 11.5. The van der Waals surface area contributed by atoms with Gasteiger partial charge in [-0.05, 0) is 34.1 Å². The lowest BCUT2D eigenvalue weighted by Gasteiger charge is -2.20. The van der Waals surface area contributed by atoms with Gasteiger partial charge in [-0.2, -0.15) is 0 Å². The maximum absolute atomic E-state index is 11.8. The Bertz CT molecular complexity index is 861. The van der Waals surface area contributed by atoms with E-state index < -0.39 is 20.4 Å². The van der Waals surface area contributed by atoms with Crippen molar-refractivity contribution in [3.63, 3.8) is 0 Å². The third kappa shape index (κ3) is 3.91. The predicted molar refractivity (Wildman–Crippen MR) is 91.4 cm³/mol. The average Bonchev–Trinajstić information content (AvgIpc) is 2.75. The van der Waals surface area contributed by atoms with Crippen LogP contribution in [0.3, 0.4) is 0 Å². The fraction of sp³-hybridized carbons (Fsp3) is 0.286. The van der Waals surface area contributed by atoms with Crippen LogP contribution in [0.5, 0.6) is 0 Å². The van der Waals surface area contributed by atoms with Crippen LogP contribution in [0.4, 0.5) is 11.4 Å². The number of anilines is 1. The van der Waals surface area contributed by atoms with Gasteiger partial charge in [0.15, 0.2) is 9.84 Å². The summed E-state index contributed by atoms with van der Waals surface area (Å²) in [5, 5.41) is 11.0. The lowest BCUT2D eigenvalue weighted by Crippen LogP contribution is -2.18. The average molecular weight is 402 g/mol. The summed E-state index contributed by atoms with van der Waals surface area (Å²) >= 11 is 3.40. The molecule has 9 heteroatoms. The molecule has 2 aromatic rings. The maximum Gasteiger partial charge on any atom is 0.288 e. The first-order valence-corrected chi connectivity index (χ1v) is 9.28. The smallest absolute Gasteiger partial charge is 0.288 e. The fourth-order valence-corrected chi connectivity index (χ4v) is 3.67. The molecule has 0 N–H and O–H groups in total. The number of nitro groups is 1. The number of rotatable bonds is 5. The highest BCUT2D eigenvalue weighted by Gasteiger charge is 2.23. The minimum Gasteiger partial charge on any atom is -0.369 e. The van der Waals surface area contributed by atoms with Crippen LogP contribution in [0.15, 0.2) is 39.8 Å². The Morgan fingerprint density at radius 2 is 2.00 bits per heavy atom. The number of aromatic nitrogens is 1. The van der Waals surface area contributed by atoms with Crippen LogP contribution in [0.2, 0.25) is 0 Å². The van der Waals surface area contributed by atoms with Crippen molar-refractivity contribution in [1.29, 1.82) is 0 Å². The van der Waals surface area contributed by atoms with E-state index in [4.69, 9.17) is 0 Å². The summed E-state index contributed by atoms with van der Waals surface area (Å²) < 4.78 is 26.5. The Morgan fingerprint density at radius 1 is 1.35 bits per heavy atom. The van der Waals surface area contributed by atoms with E-state index in [0.29, 0.717) is 12.2 Å². The molecule has 0 saturated carbocycles. The summed E-state index contributed by atoms with van der Waals surface area (Å²) in [6, 6.07) is 6.07. The monoisotopic (exact) mass is 401 g/mol. The van der Waals surface area contributed by atoms with Crippen LogP contribution < -0.4 is 4.90 Å². The molecule has 0 unspecified atom stereocenters. The molecule has 124 valence electrons. The predicted octanol–water partition coefficient (Wildman–Crippen LogP) is 2.74.